The summed E-state index contributed by atoms with van der Waals surface area (Å²) in [5.41, 5.74) is 2.12. The zero-order valence-corrected chi connectivity index (χ0v) is 22.0. The van der Waals surface area contributed by atoms with Crippen molar-refractivity contribution < 1.29 is 0 Å². The summed E-state index contributed by atoms with van der Waals surface area (Å²) in [5.74, 6) is 1.52. The lowest BCUT2D eigenvalue weighted by Gasteiger charge is -2.41. The summed E-state index contributed by atoms with van der Waals surface area (Å²) >= 11 is 9.75. The van der Waals surface area contributed by atoms with Crippen molar-refractivity contribution in [2.75, 3.05) is 51.2 Å². The number of aromatic amines is 1. The highest BCUT2D eigenvalue weighted by Crippen LogP contribution is 2.37. The molecule has 1 saturated heterocycles. The number of nitrogens with one attached hydrogen (secondary N) is 1. The lowest BCUT2D eigenvalue weighted by molar-refractivity contribution is 0.136. The van der Waals surface area contributed by atoms with Gasteiger partial charge in [0.25, 0.3) is 0 Å². The highest BCUT2D eigenvalue weighted by atomic mass is 79.9. The third-order valence-corrected chi connectivity index (χ3v) is 7.75. The quantitative estimate of drug-likeness (QED) is 0.417. The van der Waals surface area contributed by atoms with Crippen LogP contribution in [0.2, 0.25) is 5.02 Å². The molecule has 0 bridgehead atoms. The SMILES string of the molecule is CCN(CC)CCN(C)C(c1ccc(Cl)cc1)C1CCN(c2ncnc3[nH]nc(Br)c23)CC1. The van der Waals surface area contributed by atoms with Crippen molar-refractivity contribution in [1.82, 2.24) is 30.0 Å². The molecule has 1 fully saturated rings. The van der Waals surface area contributed by atoms with Crippen LogP contribution >= 0.6 is 27.5 Å². The molecule has 9 heteroatoms. The number of anilines is 1. The van der Waals surface area contributed by atoms with Gasteiger partial charge in [0.2, 0.25) is 0 Å². The zero-order chi connectivity index (χ0) is 23.4. The van der Waals surface area contributed by atoms with Gasteiger partial charge in [0.05, 0.1) is 5.39 Å². The molecule has 178 valence electrons. The number of H-pyrrole nitrogens is 1. The first-order valence-electron chi connectivity index (χ1n) is 11.8. The van der Waals surface area contributed by atoms with Crippen LogP contribution in [0.1, 0.15) is 38.3 Å². The van der Waals surface area contributed by atoms with E-state index in [-0.39, 0.29) is 0 Å². The molecule has 1 atom stereocenters. The van der Waals surface area contributed by atoms with Gasteiger partial charge in [-0.25, -0.2) is 9.97 Å². The van der Waals surface area contributed by atoms with Gasteiger partial charge in [0.15, 0.2) is 5.65 Å². The number of likely N-dealkylation sites (N-methyl/N-ethyl adjacent to an activating group) is 2. The number of piperidine rings is 1. The molecule has 1 aromatic carbocycles. The second-order valence-corrected chi connectivity index (χ2v) is 9.95. The average Bonchev–Trinajstić information content (AvgIpc) is 3.22. The van der Waals surface area contributed by atoms with Gasteiger partial charge in [-0.15, -0.1) is 0 Å². The number of benzene rings is 1. The summed E-state index contributed by atoms with van der Waals surface area (Å²) in [6, 6.07) is 8.80. The topological polar surface area (TPSA) is 64.2 Å². The van der Waals surface area contributed by atoms with E-state index in [0.717, 1.165) is 78.6 Å². The third-order valence-electron chi connectivity index (χ3n) is 6.93. The van der Waals surface area contributed by atoms with Gasteiger partial charge in [0, 0.05) is 37.2 Å². The van der Waals surface area contributed by atoms with Crippen LogP contribution in [-0.4, -0.2) is 76.3 Å². The smallest absolute Gasteiger partial charge is 0.161 e. The Bertz CT molecular complexity index is 1030. The molecule has 0 spiro atoms. The van der Waals surface area contributed by atoms with E-state index >= 15 is 0 Å². The fourth-order valence-corrected chi connectivity index (χ4v) is 5.58. The Morgan fingerprint density at radius 1 is 1.12 bits per heavy atom. The number of aromatic nitrogens is 4. The molecule has 0 saturated carbocycles. The molecule has 1 aliphatic rings. The molecule has 3 aromatic rings. The first kappa shape index (κ1) is 24.4. The van der Waals surface area contributed by atoms with Gasteiger partial charge < -0.3 is 9.80 Å². The van der Waals surface area contributed by atoms with Gasteiger partial charge in [0.1, 0.15) is 16.7 Å². The molecule has 1 N–H and O–H groups in total. The fourth-order valence-electron chi connectivity index (χ4n) is 5.00. The Morgan fingerprint density at radius 2 is 1.82 bits per heavy atom. The largest absolute Gasteiger partial charge is 0.356 e. The van der Waals surface area contributed by atoms with Crippen LogP contribution in [-0.2, 0) is 0 Å². The summed E-state index contributed by atoms with van der Waals surface area (Å²) in [7, 11) is 2.27. The van der Waals surface area contributed by atoms with Crippen LogP contribution in [0.4, 0.5) is 5.82 Å². The van der Waals surface area contributed by atoms with E-state index in [2.05, 4.69) is 83.8 Å². The van der Waals surface area contributed by atoms with E-state index in [9.17, 15) is 0 Å². The fraction of sp³-hybridized carbons (Fsp3) is 0.542. The maximum absolute atomic E-state index is 6.21. The van der Waals surface area contributed by atoms with Crippen LogP contribution in [0.15, 0.2) is 35.2 Å². The van der Waals surface area contributed by atoms with E-state index in [1.807, 2.05) is 12.1 Å². The number of fused-ring (bicyclic) bond motifs is 1. The van der Waals surface area contributed by atoms with Gasteiger partial charge in [-0.05, 0) is 72.5 Å². The van der Waals surface area contributed by atoms with Crippen LogP contribution in [0, 0.1) is 5.92 Å². The van der Waals surface area contributed by atoms with Crippen LogP contribution in [0.5, 0.6) is 0 Å². The minimum atomic E-state index is 0.367. The Kier molecular flexibility index (Phi) is 8.22. The summed E-state index contributed by atoms with van der Waals surface area (Å²) < 4.78 is 0.769. The molecular formula is C24H33BrClN7. The molecule has 2 aromatic heterocycles. The molecule has 1 aliphatic heterocycles. The van der Waals surface area contributed by atoms with Crippen molar-refractivity contribution in [2.24, 2.45) is 5.92 Å². The van der Waals surface area contributed by atoms with E-state index < -0.39 is 0 Å². The van der Waals surface area contributed by atoms with Gasteiger partial charge >= 0.3 is 0 Å². The zero-order valence-electron chi connectivity index (χ0n) is 19.6. The Balaban J connectivity index is 1.51. The van der Waals surface area contributed by atoms with Crippen molar-refractivity contribution in [3.05, 3.63) is 45.8 Å². The minimum absolute atomic E-state index is 0.367. The maximum atomic E-state index is 6.21. The van der Waals surface area contributed by atoms with Crippen molar-refractivity contribution in [3.63, 3.8) is 0 Å². The van der Waals surface area contributed by atoms with Crippen LogP contribution < -0.4 is 4.90 Å². The highest BCUT2D eigenvalue weighted by molar-refractivity contribution is 9.10. The third kappa shape index (κ3) is 5.50. The van der Waals surface area contributed by atoms with E-state index in [1.165, 1.54) is 5.56 Å². The summed E-state index contributed by atoms with van der Waals surface area (Å²) in [4.78, 5) is 16.3. The predicted molar refractivity (Wildman–Crippen MR) is 139 cm³/mol. The molecule has 0 radical (unpaired) electrons. The normalized spacial score (nSPS) is 16.3. The lowest BCUT2D eigenvalue weighted by atomic mass is 9.84. The molecule has 7 nitrogen and oxygen atoms in total. The second kappa shape index (κ2) is 11.1. The van der Waals surface area contributed by atoms with Crippen molar-refractivity contribution >= 4 is 44.4 Å². The standard InChI is InChI=1S/C24H33BrClN7/c1-4-32(5-2)15-14-31(3)21(17-6-8-19(26)9-7-17)18-10-12-33(13-11-18)24-20-22(25)29-30-23(20)27-16-28-24/h6-9,16,18,21H,4-5,10-15H2,1-3H3,(H,27,28,29,30). The van der Waals surface area contributed by atoms with E-state index in [0.29, 0.717) is 12.0 Å². The summed E-state index contributed by atoms with van der Waals surface area (Å²) in [6.07, 6.45) is 3.82. The monoisotopic (exact) mass is 533 g/mol. The number of nitrogens with zero attached hydrogens (tertiary/aromatic N) is 6. The Morgan fingerprint density at radius 3 is 2.48 bits per heavy atom. The van der Waals surface area contributed by atoms with Gasteiger partial charge in [-0.3, -0.25) is 10.00 Å². The van der Waals surface area contributed by atoms with E-state index in [4.69, 9.17) is 11.6 Å². The molecule has 3 heterocycles. The summed E-state index contributed by atoms with van der Waals surface area (Å²) in [5, 5.41) is 8.97. The molecule has 0 aliphatic carbocycles. The average molecular weight is 535 g/mol. The Hall–Kier alpha value is -1.74. The van der Waals surface area contributed by atoms with Crippen molar-refractivity contribution in [2.45, 2.75) is 32.7 Å². The van der Waals surface area contributed by atoms with Crippen molar-refractivity contribution in [1.29, 1.82) is 0 Å². The predicted octanol–water partition coefficient (Wildman–Crippen LogP) is 5.00. The molecule has 4 rings (SSSR count). The number of halogens is 2. The van der Waals surface area contributed by atoms with E-state index in [1.54, 1.807) is 6.33 Å². The maximum Gasteiger partial charge on any atom is 0.161 e. The molecule has 0 amide bonds. The first-order valence-corrected chi connectivity index (χ1v) is 13.0. The molecule has 33 heavy (non-hydrogen) atoms. The molecule has 1 unspecified atom stereocenters. The van der Waals surface area contributed by atoms with Gasteiger partial charge in [-0.1, -0.05) is 37.6 Å². The number of hydrogen-bond donors (Lipinski definition) is 1. The van der Waals surface area contributed by atoms with Crippen LogP contribution in [0.25, 0.3) is 11.0 Å². The number of rotatable bonds is 9. The first-order chi connectivity index (χ1) is 16.0. The highest BCUT2D eigenvalue weighted by Gasteiger charge is 2.31. The second-order valence-electron chi connectivity index (χ2n) is 8.76. The number of hydrogen-bond acceptors (Lipinski definition) is 6. The minimum Gasteiger partial charge on any atom is -0.356 e. The Labute approximate surface area is 209 Å². The van der Waals surface area contributed by atoms with Gasteiger partial charge in [-0.2, -0.15) is 5.10 Å². The molecular weight excluding hydrogens is 502 g/mol. The lowest BCUT2D eigenvalue weighted by Crippen LogP contribution is -2.42. The van der Waals surface area contributed by atoms with Crippen molar-refractivity contribution in [3.8, 4) is 0 Å². The van der Waals surface area contributed by atoms with Crippen LogP contribution in [0.3, 0.4) is 0 Å². The summed E-state index contributed by atoms with van der Waals surface area (Å²) in [6.45, 7) is 10.7.